The SMILES string of the molecule is CCCCCCCCCCCCCCCCCC[S+](CC(=O)c1ccccc1)c1cc2ccccc2c2ccccc12.FC(F)(F)c1cc([B-](c2cc(C(F)(F)F)cc(C(F)(F)F)c2)(c2cc(C(F)(F)F)cc(C(F)(F)F)c2)c2cc(C(F)(F)F)cc(C(F)(F)F)c2)cc(C(F)(F)F)c1. The van der Waals surface area contributed by atoms with E-state index in [1.165, 1.54) is 129 Å². The maximum atomic E-state index is 14.2. The Hall–Kier alpha value is -7.32. The first-order chi connectivity index (χ1) is 46.0. The molecule has 0 radical (unpaired) electrons. The molecule has 0 aromatic heterocycles. The lowest BCUT2D eigenvalue weighted by atomic mass is 9.12. The molecule has 0 amide bonds. The van der Waals surface area contributed by atoms with Gasteiger partial charge in [-0.05, 0) is 59.3 Å². The second kappa shape index (κ2) is 32.1. The van der Waals surface area contributed by atoms with Gasteiger partial charge in [-0.2, -0.15) is 127 Å². The van der Waals surface area contributed by atoms with E-state index < -0.39 is 195 Å². The molecule has 8 aromatic rings. The third kappa shape index (κ3) is 20.9. The van der Waals surface area contributed by atoms with Crippen LogP contribution in [0.25, 0.3) is 21.5 Å². The fraction of sp³-hybridized carbons (Fsp3) is 0.375. The fourth-order valence-electron chi connectivity index (χ4n) is 12.3. The monoisotopic (exact) mass is 1440 g/mol. The summed E-state index contributed by atoms with van der Waals surface area (Å²) in [4.78, 5) is 14.8. The summed E-state index contributed by atoms with van der Waals surface area (Å²) in [6, 6.07) is 21.0. The molecule has 0 saturated heterocycles. The summed E-state index contributed by atoms with van der Waals surface area (Å²) in [5, 5.41) is 5.21. The van der Waals surface area contributed by atoms with Crippen LogP contribution in [0.2, 0.25) is 0 Å². The Labute approximate surface area is 557 Å². The Morgan fingerprint density at radius 3 is 0.869 bits per heavy atom. The molecular weight excluding hydrogens is 1380 g/mol. The van der Waals surface area contributed by atoms with Crippen LogP contribution >= 0.6 is 0 Å². The molecule has 0 fully saturated rings. The Morgan fingerprint density at radius 1 is 0.303 bits per heavy atom. The standard InChI is InChI=1S/C40H53OS.C32H12BF24/c1-2-3-4-5-6-7-8-9-10-11-12-13-14-15-16-24-31-42(33-39(41)34-25-18-17-19-26-34)40-32-35-27-20-21-28-36(35)37-29-22-23-30-38(37)40;34-25(35,36)13-1-14(26(37,38)39)6-21(5-13)33(22-7-15(27(40,41)42)2-16(8-22)28(43,44)45,23-9-17(29(46,47)48)3-18(10-23)30(49,50)51)24-11-19(31(52,53)54)4-20(12-24)32(55,56)57/h17-23,25-30,32H,2-16,24,31,33H2,1H3;1-12H/q+1;-1. The van der Waals surface area contributed by atoms with E-state index in [1.807, 2.05) is 30.3 Å². The molecular formula is C72H65BF24OS. The zero-order chi connectivity index (χ0) is 73.2. The zero-order valence-corrected chi connectivity index (χ0v) is 53.5. The van der Waals surface area contributed by atoms with Gasteiger partial charge in [-0.1, -0.05) is 218 Å². The first-order valence-corrected chi connectivity index (χ1v) is 33.1. The number of benzene rings is 8. The first kappa shape index (κ1) is 79.0. The minimum Gasteiger partial charge on any atom is -0.289 e. The average Bonchev–Trinajstić information content (AvgIpc) is 0.710. The lowest BCUT2D eigenvalue weighted by Crippen LogP contribution is -2.75. The topological polar surface area (TPSA) is 17.1 Å². The van der Waals surface area contributed by atoms with Crippen molar-refractivity contribution in [2.75, 3.05) is 11.5 Å². The van der Waals surface area contributed by atoms with Gasteiger partial charge in [0, 0.05) is 27.9 Å². The van der Waals surface area contributed by atoms with Crippen LogP contribution in [0, 0.1) is 0 Å². The van der Waals surface area contributed by atoms with Crippen molar-refractivity contribution in [3.63, 3.8) is 0 Å². The van der Waals surface area contributed by atoms with E-state index in [4.69, 9.17) is 0 Å². The van der Waals surface area contributed by atoms with Crippen molar-refractivity contribution >= 4 is 66.2 Å². The summed E-state index contributed by atoms with van der Waals surface area (Å²) in [5.41, 5.74) is -29.4. The van der Waals surface area contributed by atoms with Crippen LogP contribution < -0.4 is 21.9 Å². The molecule has 0 N–H and O–H groups in total. The normalized spacial score (nSPS) is 13.4. The van der Waals surface area contributed by atoms with E-state index in [1.54, 1.807) is 0 Å². The van der Waals surface area contributed by atoms with Crippen molar-refractivity contribution < 1.29 is 110 Å². The van der Waals surface area contributed by atoms with Crippen LogP contribution in [0.5, 0.6) is 0 Å². The summed E-state index contributed by atoms with van der Waals surface area (Å²) in [7, 11) is -0.116. The van der Waals surface area contributed by atoms with E-state index in [0.717, 1.165) is 11.3 Å². The number of carbonyl (C=O) groups is 1. The second-order valence-corrected chi connectivity index (χ2v) is 26.4. The summed E-state index contributed by atoms with van der Waals surface area (Å²) in [6.45, 7) is 2.29. The highest BCUT2D eigenvalue weighted by molar-refractivity contribution is 7.97. The van der Waals surface area contributed by atoms with E-state index in [9.17, 15) is 110 Å². The molecule has 8 aromatic carbocycles. The minimum absolute atomic E-state index is 0.116. The summed E-state index contributed by atoms with van der Waals surface area (Å²) >= 11 is 0. The van der Waals surface area contributed by atoms with Crippen LogP contribution in [0.15, 0.2) is 163 Å². The van der Waals surface area contributed by atoms with Crippen molar-refractivity contribution in [3.8, 4) is 0 Å². The Bertz CT molecular complexity index is 3550. The second-order valence-electron chi connectivity index (χ2n) is 24.3. The third-order valence-electron chi connectivity index (χ3n) is 17.1. The highest BCUT2D eigenvalue weighted by Gasteiger charge is 2.47. The number of rotatable bonds is 25. The van der Waals surface area contributed by atoms with Crippen LogP contribution in [0.4, 0.5) is 105 Å². The van der Waals surface area contributed by atoms with Crippen LogP contribution in [-0.2, 0) is 60.3 Å². The third-order valence-corrected chi connectivity index (χ3v) is 19.5. The van der Waals surface area contributed by atoms with Gasteiger partial charge in [0.1, 0.15) is 11.9 Å². The quantitative estimate of drug-likeness (QED) is 0.0139. The molecule has 0 spiro atoms. The molecule has 0 aliphatic heterocycles. The maximum absolute atomic E-state index is 14.2. The largest absolute Gasteiger partial charge is 0.416 e. The number of fused-ring (bicyclic) bond motifs is 3. The van der Waals surface area contributed by atoms with Crippen LogP contribution in [-0.4, -0.2) is 23.4 Å². The smallest absolute Gasteiger partial charge is 0.289 e. The summed E-state index contributed by atoms with van der Waals surface area (Å²) in [6.07, 6.45) is -32.7. The van der Waals surface area contributed by atoms with Crippen molar-refractivity contribution in [2.24, 2.45) is 0 Å². The van der Waals surface area contributed by atoms with Gasteiger partial charge in [0.25, 0.3) is 0 Å². The molecule has 536 valence electrons. The average molecular weight is 1450 g/mol. The molecule has 0 saturated carbocycles. The van der Waals surface area contributed by atoms with Gasteiger partial charge < -0.3 is 0 Å². The number of carbonyl (C=O) groups excluding carboxylic acids is 1. The van der Waals surface area contributed by atoms with Gasteiger partial charge in [-0.3, -0.25) is 4.79 Å². The number of hydrogen-bond acceptors (Lipinski definition) is 1. The van der Waals surface area contributed by atoms with E-state index >= 15 is 0 Å². The van der Waals surface area contributed by atoms with Gasteiger partial charge >= 0.3 is 49.4 Å². The molecule has 1 nitrogen and oxygen atoms in total. The maximum Gasteiger partial charge on any atom is 0.416 e. The van der Waals surface area contributed by atoms with Crippen molar-refractivity contribution in [2.45, 2.75) is 164 Å². The molecule has 0 heterocycles. The number of hydrogen-bond donors (Lipinski definition) is 0. The molecule has 1 unspecified atom stereocenters. The van der Waals surface area contributed by atoms with Gasteiger partial charge in [0.2, 0.25) is 5.78 Å². The number of halogens is 24. The Morgan fingerprint density at radius 2 is 0.566 bits per heavy atom. The van der Waals surface area contributed by atoms with Gasteiger partial charge in [0.15, 0.2) is 10.6 Å². The van der Waals surface area contributed by atoms with Crippen molar-refractivity contribution in [1.29, 1.82) is 0 Å². The van der Waals surface area contributed by atoms with E-state index in [0.29, 0.717) is 5.75 Å². The number of alkyl halides is 24. The Kier molecular flexibility index (Phi) is 25.6. The molecule has 0 aliphatic rings. The number of ketones is 1. The zero-order valence-electron chi connectivity index (χ0n) is 52.7. The first-order valence-electron chi connectivity index (χ1n) is 31.6. The number of Topliss-reactive ketones (excluding diaryl/α,β-unsaturated/α-hetero) is 1. The van der Waals surface area contributed by atoms with E-state index in [2.05, 4.69) is 61.5 Å². The molecule has 8 rings (SSSR count). The highest BCUT2D eigenvalue weighted by atomic mass is 32.2. The van der Waals surface area contributed by atoms with Crippen LogP contribution in [0.1, 0.15) is 165 Å². The molecule has 27 heteroatoms. The van der Waals surface area contributed by atoms with Crippen molar-refractivity contribution in [1.82, 2.24) is 0 Å². The lowest BCUT2D eigenvalue weighted by Gasteiger charge is -2.46. The minimum atomic E-state index is -6.13. The Balaban J connectivity index is 0.000000291. The van der Waals surface area contributed by atoms with E-state index in [-0.39, 0.29) is 16.7 Å². The number of unbranched alkanes of at least 4 members (excludes halogenated alkanes) is 15. The van der Waals surface area contributed by atoms with Crippen LogP contribution in [0.3, 0.4) is 0 Å². The fourth-order valence-corrected chi connectivity index (χ4v) is 14.6. The summed E-state index contributed by atoms with van der Waals surface area (Å²) < 4.78 is 341. The lowest BCUT2D eigenvalue weighted by molar-refractivity contribution is -0.144. The molecule has 99 heavy (non-hydrogen) atoms. The molecule has 0 aliphatic carbocycles. The van der Waals surface area contributed by atoms with Gasteiger partial charge in [0.05, 0.1) is 44.5 Å². The highest BCUT2D eigenvalue weighted by Crippen LogP contribution is 2.43. The predicted octanol–water partition coefficient (Wildman–Crippen LogP) is 23.3. The summed E-state index contributed by atoms with van der Waals surface area (Å²) in [5.74, 6) is 1.97. The predicted molar refractivity (Wildman–Crippen MR) is 337 cm³/mol. The molecule has 0 bridgehead atoms. The van der Waals surface area contributed by atoms with Gasteiger partial charge in [-0.15, -0.1) is 0 Å². The van der Waals surface area contributed by atoms with Gasteiger partial charge in [-0.25, -0.2) is 0 Å². The molecule has 1 atom stereocenters. The van der Waals surface area contributed by atoms with Crippen molar-refractivity contribution in [3.05, 3.63) is 208 Å².